The summed E-state index contributed by atoms with van der Waals surface area (Å²) in [7, 11) is 0.182. The number of ether oxygens (including phenoxy) is 2. The molecule has 36 heavy (non-hydrogen) atoms. The number of imidazole rings is 1. The van der Waals surface area contributed by atoms with Crippen LogP contribution < -0.4 is 15.7 Å². The van der Waals surface area contributed by atoms with Gasteiger partial charge in [0.05, 0.1) is 19.0 Å². The molecular formula is C21H35FN7O6P. The molecule has 1 saturated carbocycles. The lowest BCUT2D eigenvalue weighted by Crippen LogP contribution is -2.48. The minimum absolute atomic E-state index is 0.0570. The number of nitrogens with two attached hydrogens (primary N) is 1. The molecule has 2 heterocycles. The topological polar surface area (TPSA) is 167 Å². The lowest BCUT2D eigenvalue weighted by atomic mass is 10.0. The molecule has 0 bridgehead atoms. The third-order valence-electron chi connectivity index (χ3n) is 5.91. The zero-order valence-electron chi connectivity index (χ0n) is 21.3. The number of rotatable bonds is 13. The van der Waals surface area contributed by atoms with Crippen molar-refractivity contribution in [1.82, 2.24) is 24.6 Å². The van der Waals surface area contributed by atoms with E-state index >= 15 is 4.39 Å². The number of anilines is 2. The molecular weight excluding hydrogens is 496 g/mol. The Labute approximate surface area is 209 Å². The molecule has 1 aliphatic rings. The van der Waals surface area contributed by atoms with E-state index in [1.165, 1.54) is 20.4 Å². The van der Waals surface area contributed by atoms with Crippen molar-refractivity contribution in [3.05, 3.63) is 6.33 Å². The van der Waals surface area contributed by atoms with Gasteiger partial charge in [-0.1, -0.05) is 0 Å². The number of methoxy groups -OCH3 is 1. The van der Waals surface area contributed by atoms with Crippen LogP contribution in [-0.4, -0.2) is 81.8 Å². The highest BCUT2D eigenvalue weighted by atomic mass is 31.1. The van der Waals surface area contributed by atoms with Gasteiger partial charge in [0.2, 0.25) is 11.7 Å². The standard InChI is InChI=1S/C21H35FN7O6P/c1-11(2)35-19(31)12(3)27-36(32)34-9-14(33-6)16(30)21(4,22)29-10-24-15-17(28(5)13-7-8-13)25-20(23)26-18(15)29/h10-14,16,30,36H,7-9H2,1-6H3,(H,27,32)(H2,23,25,26)/t12-,14?,16+,21-/m0/s1. The van der Waals surface area contributed by atoms with E-state index in [1.807, 2.05) is 11.9 Å². The molecule has 2 unspecified atom stereocenters. The lowest BCUT2D eigenvalue weighted by molar-refractivity contribution is -0.149. The van der Waals surface area contributed by atoms with E-state index in [2.05, 4.69) is 20.0 Å². The molecule has 15 heteroatoms. The Morgan fingerprint density at radius 2 is 2.08 bits per heavy atom. The number of halogens is 1. The molecule has 2 aromatic rings. The van der Waals surface area contributed by atoms with Crippen molar-refractivity contribution in [3.63, 3.8) is 0 Å². The van der Waals surface area contributed by atoms with Crippen LogP contribution in [0.25, 0.3) is 11.2 Å². The van der Waals surface area contributed by atoms with Crippen molar-refractivity contribution < 1.29 is 32.9 Å². The fraction of sp³-hybridized carbons (Fsp3) is 0.714. The van der Waals surface area contributed by atoms with Crippen molar-refractivity contribution in [2.75, 3.05) is 31.4 Å². The average Bonchev–Trinajstić information content (AvgIpc) is 3.56. The Morgan fingerprint density at radius 1 is 1.42 bits per heavy atom. The molecule has 5 atom stereocenters. The van der Waals surface area contributed by atoms with Gasteiger partial charge in [-0.3, -0.25) is 13.9 Å². The maximum atomic E-state index is 16.1. The quantitative estimate of drug-likeness (QED) is 0.251. The average molecular weight is 532 g/mol. The van der Waals surface area contributed by atoms with E-state index in [4.69, 9.17) is 19.7 Å². The monoisotopic (exact) mass is 531 g/mol. The summed E-state index contributed by atoms with van der Waals surface area (Å²) in [4.78, 5) is 26.5. The molecule has 202 valence electrons. The number of hydrogen-bond acceptors (Lipinski definition) is 11. The second-order valence-electron chi connectivity index (χ2n) is 9.23. The number of nitrogens with zero attached hydrogens (tertiary/aromatic N) is 5. The van der Waals surface area contributed by atoms with Crippen LogP contribution in [0.1, 0.15) is 40.5 Å². The number of carbonyl (C=O) groups excluding carboxylic acids is 1. The van der Waals surface area contributed by atoms with Crippen molar-refractivity contribution >= 4 is 37.1 Å². The Hall–Kier alpha value is -2.38. The van der Waals surface area contributed by atoms with Gasteiger partial charge in [0.25, 0.3) is 8.18 Å². The fourth-order valence-electron chi connectivity index (χ4n) is 3.64. The van der Waals surface area contributed by atoms with Crippen LogP contribution in [-0.2, 0) is 29.1 Å². The number of aromatic nitrogens is 4. The molecule has 0 aromatic carbocycles. The molecule has 3 rings (SSSR count). The molecule has 0 amide bonds. The number of aliphatic hydroxyl groups is 1. The van der Waals surface area contributed by atoms with Crippen LogP contribution in [0.15, 0.2) is 6.33 Å². The third-order valence-corrected chi connectivity index (χ3v) is 7.01. The zero-order chi connectivity index (χ0) is 26.8. The zero-order valence-corrected chi connectivity index (χ0v) is 22.3. The summed E-state index contributed by atoms with van der Waals surface area (Å²) in [5.41, 5.74) is 6.35. The maximum Gasteiger partial charge on any atom is 0.323 e. The second-order valence-corrected chi connectivity index (χ2v) is 10.4. The summed E-state index contributed by atoms with van der Waals surface area (Å²) < 4.78 is 45.0. The minimum atomic E-state index is -2.94. The van der Waals surface area contributed by atoms with E-state index < -0.39 is 44.8 Å². The molecule has 0 radical (unpaired) electrons. The minimum Gasteiger partial charge on any atom is -0.462 e. The van der Waals surface area contributed by atoms with Gasteiger partial charge in [-0.05, 0) is 40.5 Å². The predicted molar refractivity (Wildman–Crippen MR) is 131 cm³/mol. The number of nitrogen functional groups attached to an aromatic ring is 1. The number of alkyl halides is 1. The molecule has 13 nitrogen and oxygen atoms in total. The highest BCUT2D eigenvalue weighted by molar-refractivity contribution is 7.36. The summed E-state index contributed by atoms with van der Waals surface area (Å²) in [6.07, 6.45) is -0.101. The highest BCUT2D eigenvalue weighted by Gasteiger charge is 2.43. The first-order valence-corrected chi connectivity index (χ1v) is 13.0. The SMILES string of the molecule is COC(CO[PH](=O)N[C@@H](C)C(=O)OC(C)C)[C@@H](O)[C@@](C)(F)n1cnc2c(N(C)C3CC3)nc(N)nc21. The second kappa shape index (κ2) is 11.3. The first-order chi connectivity index (χ1) is 16.9. The van der Waals surface area contributed by atoms with Crippen molar-refractivity contribution in [1.29, 1.82) is 0 Å². The van der Waals surface area contributed by atoms with Gasteiger partial charge in [0.1, 0.15) is 18.2 Å². The molecule has 0 saturated heterocycles. The van der Waals surface area contributed by atoms with Crippen LogP contribution in [0.3, 0.4) is 0 Å². The smallest absolute Gasteiger partial charge is 0.323 e. The van der Waals surface area contributed by atoms with Crippen LogP contribution in [0.2, 0.25) is 0 Å². The van der Waals surface area contributed by atoms with E-state index in [0.29, 0.717) is 17.4 Å². The molecule has 0 spiro atoms. The number of nitrogens with one attached hydrogen (secondary N) is 1. The van der Waals surface area contributed by atoms with Crippen LogP contribution in [0.4, 0.5) is 16.2 Å². The Bertz CT molecular complexity index is 1100. The molecule has 4 N–H and O–H groups in total. The summed E-state index contributed by atoms with van der Waals surface area (Å²) in [6.45, 7) is 5.58. The fourth-order valence-corrected chi connectivity index (χ4v) is 4.51. The molecule has 0 aliphatic heterocycles. The van der Waals surface area contributed by atoms with Crippen LogP contribution >= 0.6 is 8.18 Å². The van der Waals surface area contributed by atoms with E-state index in [0.717, 1.165) is 24.3 Å². The van der Waals surface area contributed by atoms with E-state index in [1.54, 1.807) is 13.8 Å². The highest BCUT2D eigenvalue weighted by Crippen LogP contribution is 2.35. The molecule has 1 fully saturated rings. The van der Waals surface area contributed by atoms with Gasteiger partial charge >= 0.3 is 5.97 Å². The third kappa shape index (κ3) is 6.30. The first-order valence-electron chi connectivity index (χ1n) is 11.6. The summed E-state index contributed by atoms with van der Waals surface area (Å²) >= 11 is 0. The van der Waals surface area contributed by atoms with Crippen molar-refractivity contribution in [2.24, 2.45) is 0 Å². The predicted octanol–water partition coefficient (Wildman–Crippen LogP) is 1.36. The van der Waals surface area contributed by atoms with Crippen molar-refractivity contribution in [3.8, 4) is 0 Å². The van der Waals surface area contributed by atoms with Crippen LogP contribution in [0.5, 0.6) is 0 Å². The number of fused-ring (bicyclic) bond motifs is 1. The normalized spacial score (nSPS) is 19.0. The largest absolute Gasteiger partial charge is 0.462 e. The van der Waals surface area contributed by atoms with E-state index in [9.17, 15) is 14.5 Å². The van der Waals surface area contributed by atoms with Gasteiger partial charge in [0.15, 0.2) is 17.0 Å². The van der Waals surface area contributed by atoms with Gasteiger partial charge in [-0.15, -0.1) is 0 Å². The van der Waals surface area contributed by atoms with Crippen LogP contribution in [0, 0.1) is 0 Å². The Morgan fingerprint density at radius 3 is 2.67 bits per heavy atom. The van der Waals surface area contributed by atoms with Gasteiger partial charge in [0, 0.05) is 20.2 Å². The van der Waals surface area contributed by atoms with Gasteiger partial charge < -0.3 is 29.7 Å². The summed E-state index contributed by atoms with van der Waals surface area (Å²) in [5, 5.41) is 13.4. The number of hydrogen-bond donors (Lipinski definition) is 3. The lowest BCUT2D eigenvalue weighted by Gasteiger charge is -2.32. The summed E-state index contributed by atoms with van der Waals surface area (Å²) in [6, 6.07) is -0.585. The molecule has 2 aromatic heterocycles. The molecule has 1 aliphatic carbocycles. The van der Waals surface area contributed by atoms with Gasteiger partial charge in [-0.2, -0.15) is 9.97 Å². The Balaban J connectivity index is 1.73. The maximum absolute atomic E-state index is 16.1. The Kier molecular flexibility index (Phi) is 8.88. The summed E-state index contributed by atoms with van der Waals surface area (Å²) in [5.74, 6) is -2.64. The number of aliphatic hydroxyl groups excluding tert-OH is 1. The van der Waals surface area contributed by atoms with E-state index in [-0.39, 0.29) is 17.7 Å². The first kappa shape index (κ1) is 28.2. The van der Waals surface area contributed by atoms with Crippen molar-refractivity contribution in [2.45, 2.75) is 76.7 Å². The van der Waals surface area contributed by atoms with Gasteiger partial charge in [-0.25, -0.2) is 14.5 Å². The number of carbonyl (C=O) groups is 1. The number of esters is 1.